The van der Waals surface area contributed by atoms with Gasteiger partial charge in [0.15, 0.2) is 5.76 Å². The van der Waals surface area contributed by atoms with Crippen molar-refractivity contribution in [2.75, 3.05) is 13.1 Å². The lowest BCUT2D eigenvalue weighted by Crippen LogP contribution is -2.43. The standard InChI is InChI=1S/C16H21N3O6S/c1-10-7-14(18-24-10)9-23-16(20)13-5-4-6-19(8-13)26(21,22)15-11(2)17-25-12(15)3/h7,13H,4-6,8-9H2,1-3H3. The monoisotopic (exact) mass is 383 g/mol. The van der Waals surface area contributed by atoms with Crippen LogP contribution < -0.4 is 0 Å². The smallest absolute Gasteiger partial charge is 0.310 e. The molecule has 142 valence electrons. The number of carbonyl (C=O) groups excluding carboxylic acids is 1. The fourth-order valence-corrected chi connectivity index (χ4v) is 4.89. The molecule has 10 heteroatoms. The van der Waals surface area contributed by atoms with E-state index in [1.807, 2.05) is 0 Å². The van der Waals surface area contributed by atoms with Crippen LogP contribution in [-0.2, 0) is 26.2 Å². The van der Waals surface area contributed by atoms with Crippen molar-refractivity contribution < 1.29 is 27.0 Å². The van der Waals surface area contributed by atoms with Crippen molar-refractivity contribution in [1.82, 2.24) is 14.6 Å². The summed E-state index contributed by atoms with van der Waals surface area (Å²) < 4.78 is 42.2. The van der Waals surface area contributed by atoms with Crippen molar-refractivity contribution >= 4 is 16.0 Å². The van der Waals surface area contributed by atoms with Crippen LogP contribution in [-0.4, -0.2) is 42.1 Å². The summed E-state index contributed by atoms with van der Waals surface area (Å²) >= 11 is 0. The second kappa shape index (κ2) is 7.20. The van der Waals surface area contributed by atoms with Gasteiger partial charge in [-0.3, -0.25) is 4.79 Å². The van der Waals surface area contributed by atoms with E-state index in [0.29, 0.717) is 36.5 Å². The van der Waals surface area contributed by atoms with Gasteiger partial charge in [0.05, 0.1) is 5.92 Å². The van der Waals surface area contributed by atoms with E-state index in [2.05, 4.69) is 10.3 Å². The molecular formula is C16H21N3O6S. The zero-order chi connectivity index (χ0) is 18.9. The Bertz CT molecular complexity index is 881. The largest absolute Gasteiger partial charge is 0.459 e. The van der Waals surface area contributed by atoms with E-state index in [-0.39, 0.29) is 23.8 Å². The van der Waals surface area contributed by atoms with Gasteiger partial charge in [0.2, 0.25) is 10.0 Å². The topological polar surface area (TPSA) is 116 Å². The van der Waals surface area contributed by atoms with Gasteiger partial charge in [-0.25, -0.2) is 8.42 Å². The summed E-state index contributed by atoms with van der Waals surface area (Å²) in [6.07, 6.45) is 1.15. The number of sulfonamides is 1. The van der Waals surface area contributed by atoms with Gasteiger partial charge in [-0.2, -0.15) is 4.31 Å². The molecule has 3 rings (SSSR count). The Balaban J connectivity index is 1.68. The first-order valence-corrected chi connectivity index (χ1v) is 9.75. The molecule has 0 spiro atoms. The molecule has 0 amide bonds. The molecule has 0 radical (unpaired) electrons. The molecule has 0 aliphatic carbocycles. The highest BCUT2D eigenvalue weighted by Gasteiger charge is 2.37. The van der Waals surface area contributed by atoms with E-state index in [0.717, 1.165) is 0 Å². The molecule has 1 atom stereocenters. The molecular weight excluding hydrogens is 362 g/mol. The molecule has 26 heavy (non-hydrogen) atoms. The zero-order valence-corrected chi connectivity index (χ0v) is 15.7. The van der Waals surface area contributed by atoms with E-state index < -0.39 is 21.9 Å². The van der Waals surface area contributed by atoms with Gasteiger partial charge in [0, 0.05) is 19.2 Å². The maximum atomic E-state index is 12.9. The number of rotatable bonds is 5. The van der Waals surface area contributed by atoms with E-state index in [9.17, 15) is 13.2 Å². The zero-order valence-electron chi connectivity index (χ0n) is 14.9. The fraction of sp³-hybridized carbons (Fsp3) is 0.562. The number of nitrogens with zero attached hydrogens (tertiary/aromatic N) is 3. The maximum Gasteiger partial charge on any atom is 0.310 e. The predicted molar refractivity (Wildman–Crippen MR) is 88.5 cm³/mol. The summed E-state index contributed by atoms with van der Waals surface area (Å²) in [5.74, 6) is -0.0876. The van der Waals surface area contributed by atoms with Gasteiger partial charge in [0.25, 0.3) is 0 Å². The third kappa shape index (κ3) is 3.65. The van der Waals surface area contributed by atoms with E-state index in [1.165, 1.54) is 4.31 Å². The molecule has 1 unspecified atom stereocenters. The molecule has 3 heterocycles. The van der Waals surface area contributed by atoms with Gasteiger partial charge < -0.3 is 13.8 Å². The van der Waals surface area contributed by atoms with Crippen molar-refractivity contribution in [3.05, 3.63) is 29.0 Å². The van der Waals surface area contributed by atoms with Crippen LogP contribution in [0.25, 0.3) is 0 Å². The van der Waals surface area contributed by atoms with Crippen LogP contribution in [0.15, 0.2) is 20.0 Å². The second-order valence-corrected chi connectivity index (χ2v) is 8.27. The first-order valence-electron chi connectivity index (χ1n) is 8.31. The number of piperidine rings is 1. The summed E-state index contributed by atoms with van der Waals surface area (Å²) in [6.45, 7) is 5.31. The fourth-order valence-electron chi connectivity index (χ4n) is 3.07. The van der Waals surface area contributed by atoms with Gasteiger partial charge in [0.1, 0.15) is 28.7 Å². The summed E-state index contributed by atoms with van der Waals surface area (Å²) in [4.78, 5) is 12.4. The SMILES string of the molecule is Cc1cc(COC(=O)C2CCCN(S(=O)(=O)c3c(C)noc3C)C2)no1. The molecule has 1 fully saturated rings. The molecule has 0 N–H and O–H groups in total. The Morgan fingerprint density at radius 2 is 2.08 bits per heavy atom. The van der Waals surface area contributed by atoms with Crippen LogP contribution in [0.2, 0.25) is 0 Å². The molecule has 0 aromatic carbocycles. The summed E-state index contributed by atoms with van der Waals surface area (Å²) in [5.41, 5.74) is 0.834. The number of aromatic nitrogens is 2. The van der Waals surface area contributed by atoms with Crippen molar-refractivity contribution in [1.29, 1.82) is 0 Å². The molecule has 2 aromatic rings. The van der Waals surface area contributed by atoms with Gasteiger partial charge in [-0.1, -0.05) is 10.3 Å². The minimum Gasteiger partial charge on any atom is -0.459 e. The van der Waals surface area contributed by atoms with Crippen LogP contribution in [0, 0.1) is 26.7 Å². The van der Waals surface area contributed by atoms with Gasteiger partial charge in [-0.15, -0.1) is 0 Å². The number of hydrogen-bond acceptors (Lipinski definition) is 8. The molecule has 0 bridgehead atoms. The highest BCUT2D eigenvalue weighted by Crippen LogP contribution is 2.28. The summed E-state index contributed by atoms with van der Waals surface area (Å²) in [7, 11) is -3.77. The Kier molecular flexibility index (Phi) is 5.15. The Hall–Kier alpha value is -2.20. The number of hydrogen-bond donors (Lipinski definition) is 0. The molecule has 2 aromatic heterocycles. The maximum absolute atomic E-state index is 12.9. The predicted octanol–water partition coefficient (Wildman–Crippen LogP) is 1.73. The minimum atomic E-state index is -3.77. The average molecular weight is 383 g/mol. The third-order valence-electron chi connectivity index (χ3n) is 4.32. The van der Waals surface area contributed by atoms with E-state index in [1.54, 1.807) is 26.8 Å². The van der Waals surface area contributed by atoms with Crippen LogP contribution in [0.5, 0.6) is 0 Å². The lowest BCUT2D eigenvalue weighted by atomic mass is 10.00. The van der Waals surface area contributed by atoms with Crippen LogP contribution in [0.1, 0.15) is 35.7 Å². The molecule has 1 aliphatic rings. The molecule has 0 saturated carbocycles. The number of carbonyl (C=O) groups is 1. The van der Waals surface area contributed by atoms with Crippen molar-refractivity contribution in [2.45, 2.75) is 45.1 Å². The molecule has 1 aliphatic heterocycles. The lowest BCUT2D eigenvalue weighted by molar-refractivity contribution is -0.151. The number of aryl methyl sites for hydroxylation is 3. The Morgan fingerprint density at radius 1 is 1.31 bits per heavy atom. The second-order valence-electron chi connectivity index (χ2n) is 6.39. The van der Waals surface area contributed by atoms with Crippen molar-refractivity contribution in [3.63, 3.8) is 0 Å². The summed E-state index contributed by atoms with van der Waals surface area (Å²) in [5, 5.41) is 7.47. The van der Waals surface area contributed by atoms with Crippen LogP contribution in [0.3, 0.4) is 0 Å². The average Bonchev–Trinajstić information content (AvgIpc) is 3.18. The lowest BCUT2D eigenvalue weighted by Gasteiger charge is -2.30. The quantitative estimate of drug-likeness (QED) is 0.717. The Labute approximate surface area is 151 Å². The highest BCUT2D eigenvalue weighted by molar-refractivity contribution is 7.89. The van der Waals surface area contributed by atoms with Crippen LogP contribution >= 0.6 is 0 Å². The summed E-state index contributed by atoms with van der Waals surface area (Å²) in [6, 6.07) is 1.68. The number of esters is 1. The first kappa shape index (κ1) is 18.6. The van der Waals surface area contributed by atoms with Gasteiger partial charge >= 0.3 is 5.97 Å². The van der Waals surface area contributed by atoms with Gasteiger partial charge in [-0.05, 0) is 33.6 Å². The minimum absolute atomic E-state index is 0.00326. The van der Waals surface area contributed by atoms with E-state index in [4.69, 9.17) is 13.8 Å². The van der Waals surface area contributed by atoms with Crippen LogP contribution in [0.4, 0.5) is 0 Å². The Morgan fingerprint density at radius 3 is 2.69 bits per heavy atom. The first-order chi connectivity index (χ1) is 12.3. The van der Waals surface area contributed by atoms with Crippen molar-refractivity contribution in [3.8, 4) is 0 Å². The van der Waals surface area contributed by atoms with Crippen molar-refractivity contribution in [2.24, 2.45) is 5.92 Å². The number of ether oxygens (including phenoxy) is 1. The van der Waals surface area contributed by atoms with E-state index >= 15 is 0 Å². The normalized spacial score (nSPS) is 18.8. The molecule has 1 saturated heterocycles. The highest BCUT2D eigenvalue weighted by atomic mass is 32.2. The third-order valence-corrected chi connectivity index (χ3v) is 6.43. The molecule has 9 nitrogen and oxygen atoms in total.